The molecule has 0 N–H and O–H groups in total. The number of aromatic nitrogens is 4. The molecule has 3 rings (SSSR count). The lowest BCUT2D eigenvalue weighted by Crippen LogP contribution is -1.90. The van der Waals surface area contributed by atoms with Crippen LogP contribution in [-0.4, -0.2) is 31.8 Å². The molecule has 114 valence electrons. The van der Waals surface area contributed by atoms with Gasteiger partial charge in [-0.1, -0.05) is 17.2 Å². The first kappa shape index (κ1) is 14.8. The summed E-state index contributed by atoms with van der Waals surface area (Å²) >= 11 is 1.91. The maximum absolute atomic E-state index is 5.32. The predicted octanol–water partition coefficient (Wildman–Crippen LogP) is 3.47. The maximum atomic E-state index is 5.32. The van der Waals surface area contributed by atoms with Crippen molar-refractivity contribution < 1.29 is 9.05 Å². The molecular weight excluding hydrogens is 300 g/mol. The summed E-state index contributed by atoms with van der Waals surface area (Å²) in [6, 6.07) is 5.50. The first-order valence-corrected chi connectivity index (χ1v) is 8.30. The molecule has 0 unspecified atom stereocenters. The molecule has 0 aliphatic heterocycles. The smallest absolute Gasteiger partial charge is 0.280 e. The Morgan fingerprint density at radius 2 is 2.00 bits per heavy atom. The van der Waals surface area contributed by atoms with Gasteiger partial charge in [0.1, 0.15) is 0 Å². The molecule has 0 aliphatic rings. The van der Waals surface area contributed by atoms with E-state index in [4.69, 9.17) is 9.05 Å². The highest BCUT2D eigenvalue weighted by molar-refractivity contribution is 7.99. The van der Waals surface area contributed by atoms with Crippen LogP contribution in [-0.2, 0) is 6.42 Å². The average Bonchev–Trinajstić information content (AvgIpc) is 3.21. The van der Waals surface area contributed by atoms with Crippen molar-refractivity contribution in [1.29, 1.82) is 0 Å². The Balaban J connectivity index is 1.68. The van der Waals surface area contributed by atoms with Crippen LogP contribution in [0.15, 0.2) is 39.6 Å². The first-order chi connectivity index (χ1) is 10.9. The normalized spacial score (nSPS) is 11.0. The quantitative estimate of drug-likeness (QED) is 0.617. The minimum absolute atomic E-state index is 0.391. The van der Waals surface area contributed by atoms with Crippen molar-refractivity contribution in [1.82, 2.24) is 20.3 Å². The molecule has 0 fully saturated rings. The minimum atomic E-state index is 0.391. The molecule has 0 amide bonds. The summed E-state index contributed by atoms with van der Waals surface area (Å²) in [7, 11) is 0. The fourth-order valence-electron chi connectivity index (χ4n) is 1.96. The van der Waals surface area contributed by atoms with Crippen LogP contribution in [0, 0.1) is 0 Å². The molecule has 0 aliphatic carbocycles. The average molecular weight is 316 g/mol. The van der Waals surface area contributed by atoms with Gasteiger partial charge in [-0.15, -0.1) is 0 Å². The van der Waals surface area contributed by atoms with Gasteiger partial charge >= 0.3 is 0 Å². The van der Waals surface area contributed by atoms with Crippen LogP contribution in [0.4, 0.5) is 0 Å². The number of aryl methyl sites for hydroxylation is 1. The van der Waals surface area contributed by atoms with Crippen LogP contribution in [0.3, 0.4) is 0 Å². The van der Waals surface area contributed by atoms with Gasteiger partial charge in [-0.2, -0.15) is 16.7 Å². The molecule has 0 aromatic carbocycles. The molecule has 0 saturated carbocycles. The third-order valence-corrected chi connectivity index (χ3v) is 4.04. The number of thioether (sulfide) groups is 1. The predicted molar refractivity (Wildman–Crippen MR) is 84.3 cm³/mol. The molecule has 0 radical (unpaired) electrons. The zero-order chi connectivity index (χ0) is 15.2. The fraction of sp³-hybridized carbons (Fsp3) is 0.333. The molecule has 0 saturated heterocycles. The van der Waals surface area contributed by atoms with E-state index in [0.29, 0.717) is 23.2 Å². The molecule has 7 heteroatoms. The van der Waals surface area contributed by atoms with Crippen molar-refractivity contribution in [2.24, 2.45) is 0 Å². The molecule has 22 heavy (non-hydrogen) atoms. The van der Waals surface area contributed by atoms with Gasteiger partial charge in [-0.25, -0.2) is 0 Å². The van der Waals surface area contributed by atoms with Crippen molar-refractivity contribution in [2.75, 3.05) is 11.5 Å². The van der Waals surface area contributed by atoms with Gasteiger partial charge in [-0.3, -0.25) is 4.98 Å². The molecule has 3 aromatic heterocycles. The molecular formula is C15H16N4O2S. The number of nitrogens with zero attached hydrogens (tertiary/aromatic N) is 4. The summed E-state index contributed by atoms with van der Waals surface area (Å²) in [4.78, 5) is 8.34. The van der Waals surface area contributed by atoms with Gasteiger partial charge in [0.2, 0.25) is 0 Å². The molecule has 3 aromatic rings. The van der Waals surface area contributed by atoms with E-state index in [2.05, 4.69) is 27.2 Å². The van der Waals surface area contributed by atoms with Crippen molar-refractivity contribution in [3.05, 3.63) is 36.4 Å². The topological polar surface area (TPSA) is 77.8 Å². The molecule has 6 nitrogen and oxygen atoms in total. The third-order valence-electron chi connectivity index (χ3n) is 3.06. The van der Waals surface area contributed by atoms with E-state index in [0.717, 1.165) is 29.9 Å². The van der Waals surface area contributed by atoms with E-state index in [9.17, 15) is 0 Å². The molecule has 0 spiro atoms. The highest BCUT2D eigenvalue weighted by Crippen LogP contribution is 2.24. The lowest BCUT2D eigenvalue weighted by atomic mass is 10.2. The van der Waals surface area contributed by atoms with Gasteiger partial charge in [0, 0.05) is 30.4 Å². The van der Waals surface area contributed by atoms with Crippen LogP contribution < -0.4 is 0 Å². The van der Waals surface area contributed by atoms with Gasteiger partial charge in [-0.05, 0) is 30.1 Å². The summed E-state index contributed by atoms with van der Waals surface area (Å²) in [6.07, 6.45) is 5.26. The number of hydrogen-bond acceptors (Lipinski definition) is 7. The Morgan fingerprint density at radius 3 is 2.82 bits per heavy atom. The minimum Gasteiger partial charge on any atom is -0.355 e. The van der Waals surface area contributed by atoms with Gasteiger partial charge < -0.3 is 9.05 Å². The van der Waals surface area contributed by atoms with E-state index in [1.807, 2.05) is 23.9 Å². The van der Waals surface area contributed by atoms with E-state index in [1.54, 1.807) is 18.5 Å². The Bertz CT molecular complexity index is 711. The number of pyridine rings is 1. The van der Waals surface area contributed by atoms with Crippen molar-refractivity contribution in [3.63, 3.8) is 0 Å². The Morgan fingerprint density at radius 1 is 1.14 bits per heavy atom. The van der Waals surface area contributed by atoms with Crippen LogP contribution in [0.1, 0.15) is 19.2 Å². The standard InChI is InChI=1S/C15H16N4O2S/c1-2-22-9-3-4-14-17-15(21-19-14)12-10-13(20-18-12)11-5-7-16-8-6-11/h5-8,10H,2-4,9H2,1H3. The number of rotatable bonds is 7. The molecule has 0 bridgehead atoms. The van der Waals surface area contributed by atoms with E-state index in [-0.39, 0.29) is 0 Å². The third kappa shape index (κ3) is 3.54. The highest BCUT2D eigenvalue weighted by Gasteiger charge is 2.14. The SMILES string of the molecule is CCSCCCc1noc(-c2cc(-c3ccncc3)on2)n1. The molecule has 0 atom stereocenters. The second-order valence-electron chi connectivity index (χ2n) is 4.63. The van der Waals surface area contributed by atoms with Gasteiger partial charge in [0.15, 0.2) is 17.3 Å². The zero-order valence-electron chi connectivity index (χ0n) is 12.2. The zero-order valence-corrected chi connectivity index (χ0v) is 13.0. The highest BCUT2D eigenvalue weighted by atomic mass is 32.2. The monoisotopic (exact) mass is 316 g/mol. The van der Waals surface area contributed by atoms with Crippen LogP contribution in [0.25, 0.3) is 22.9 Å². The summed E-state index contributed by atoms with van der Waals surface area (Å²) in [5, 5.41) is 7.98. The van der Waals surface area contributed by atoms with Crippen LogP contribution >= 0.6 is 11.8 Å². The second-order valence-corrected chi connectivity index (χ2v) is 6.02. The molecule has 3 heterocycles. The summed E-state index contributed by atoms with van der Waals surface area (Å²) in [5.74, 6) is 3.99. The lowest BCUT2D eigenvalue weighted by Gasteiger charge is -1.94. The Labute approximate surface area is 132 Å². The fourth-order valence-corrected chi connectivity index (χ4v) is 2.60. The largest absolute Gasteiger partial charge is 0.355 e. The van der Waals surface area contributed by atoms with Crippen LogP contribution in [0.2, 0.25) is 0 Å². The van der Waals surface area contributed by atoms with Crippen LogP contribution in [0.5, 0.6) is 0 Å². The summed E-state index contributed by atoms with van der Waals surface area (Å²) < 4.78 is 10.6. The summed E-state index contributed by atoms with van der Waals surface area (Å²) in [5.41, 5.74) is 1.46. The van der Waals surface area contributed by atoms with Gasteiger partial charge in [0.25, 0.3) is 5.89 Å². The Hall–Kier alpha value is -2.15. The maximum Gasteiger partial charge on any atom is 0.280 e. The summed E-state index contributed by atoms with van der Waals surface area (Å²) in [6.45, 7) is 2.15. The van der Waals surface area contributed by atoms with Crippen molar-refractivity contribution >= 4 is 11.8 Å². The second kappa shape index (κ2) is 7.22. The number of hydrogen-bond donors (Lipinski definition) is 0. The lowest BCUT2D eigenvalue weighted by molar-refractivity contribution is 0.406. The van der Waals surface area contributed by atoms with Crippen molar-refractivity contribution in [2.45, 2.75) is 19.8 Å². The Kier molecular flexibility index (Phi) is 4.85. The first-order valence-electron chi connectivity index (χ1n) is 7.14. The van der Waals surface area contributed by atoms with Gasteiger partial charge in [0.05, 0.1) is 0 Å². The van der Waals surface area contributed by atoms with E-state index < -0.39 is 0 Å². The van der Waals surface area contributed by atoms with Crippen molar-refractivity contribution in [3.8, 4) is 22.9 Å². The van der Waals surface area contributed by atoms with E-state index >= 15 is 0 Å². The van der Waals surface area contributed by atoms with E-state index in [1.165, 1.54) is 0 Å².